The third-order valence-electron chi connectivity index (χ3n) is 4.15. The predicted octanol–water partition coefficient (Wildman–Crippen LogP) is 1.77. The van der Waals surface area contributed by atoms with E-state index in [0.717, 1.165) is 0 Å². The molecule has 0 unspecified atom stereocenters. The van der Waals surface area contributed by atoms with Crippen molar-refractivity contribution >= 4 is 34.7 Å². The van der Waals surface area contributed by atoms with Crippen LogP contribution in [0.5, 0.6) is 0 Å². The van der Waals surface area contributed by atoms with E-state index >= 15 is 0 Å². The topological polar surface area (TPSA) is 129 Å². The molecule has 1 saturated heterocycles. The molecule has 1 aliphatic carbocycles. The zero-order valence-corrected chi connectivity index (χ0v) is 15.5. The number of fused-ring (bicyclic) bond motifs is 1. The Labute approximate surface area is 158 Å². The fourth-order valence-electron chi connectivity index (χ4n) is 3.28. The van der Waals surface area contributed by atoms with Crippen LogP contribution < -0.4 is 5.32 Å². The van der Waals surface area contributed by atoms with Crippen LogP contribution in [-0.4, -0.2) is 63.4 Å². The highest BCUT2D eigenvalue weighted by atomic mass is 35.5. The van der Waals surface area contributed by atoms with E-state index in [1.807, 2.05) is 0 Å². The Morgan fingerprint density at radius 1 is 1.38 bits per heavy atom. The Kier molecular flexibility index (Phi) is 5.52. The first-order chi connectivity index (χ1) is 12.2. The van der Waals surface area contributed by atoms with Gasteiger partial charge in [-0.05, 0) is 31.9 Å². The summed E-state index contributed by atoms with van der Waals surface area (Å²) in [6.45, 7) is 3.56. The van der Waals surface area contributed by atoms with Gasteiger partial charge >= 0.3 is 5.69 Å². The smallest absolute Gasteiger partial charge is 0.348 e. The standard InChI is InChI=1S/C14H18Cl2N4O6/c1-14(2)25-9-6(5-7(10(9)26-14)24-4-3-21)17-12-8(20(22)23)11(15)18-13(16)19-12/h6-7,9-10,21H,3-5H2,1-2H3,(H,17,18,19)/t6-,7+,9+,10-/m1/s1. The largest absolute Gasteiger partial charge is 0.394 e. The van der Waals surface area contributed by atoms with Crippen LogP contribution in [0.25, 0.3) is 0 Å². The lowest BCUT2D eigenvalue weighted by Gasteiger charge is -2.24. The van der Waals surface area contributed by atoms with Crippen molar-refractivity contribution in [2.24, 2.45) is 0 Å². The minimum Gasteiger partial charge on any atom is -0.394 e. The molecule has 1 aromatic rings. The molecule has 2 heterocycles. The van der Waals surface area contributed by atoms with Crippen molar-refractivity contribution in [2.75, 3.05) is 18.5 Å². The molecule has 4 atom stereocenters. The molecule has 0 amide bonds. The molecule has 10 nitrogen and oxygen atoms in total. The number of halogens is 2. The average Bonchev–Trinajstić information content (AvgIpc) is 2.98. The van der Waals surface area contributed by atoms with Crippen molar-refractivity contribution in [1.29, 1.82) is 0 Å². The quantitative estimate of drug-likeness (QED) is 0.313. The summed E-state index contributed by atoms with van der Waals surface area (Å²) >= 11 is 11.6. The molecule has 2 aliphatic rings. The molecule has 0 bridgehead atoms. The van der Waals surface area contributed by atoms with Gasteiger partial charge < -0.3 is 24.6 Å². The van der Waals surface area contributed by atoms with Gasteiger partial charge in [-0.2, -0.15) is 9.97 Å². The summed E-state index contributed by atoms with van der Waals surface area (Å²) in [6.07, 6.45) is -0.734. The van der Waals surface area contributed by atoms with Gasteiger partial charge in [0.2, 0.25) is 16.3 Å². The summed E-state index contributed by atoms with van der Waals surface area (Å²) in [5.41, 5.74) is -0.467. The molecule has 3 rings (SSSR count). The first kappa shape index (κ1) is 19.5. The summed E-state index contributed by atoms with van der Waals surface area (Å²) in [4.78, 5) is 18.1. The highest BCUT2D eigenvalue weighted by molar-refractivity contribution is 6.33. The maximum absolute atomic E-state index is 11.3. The van der Waals surface area contributed by atoms with E-state index in [2.05, 4.69) is 15.3 Å². The molecule has 26 heavy (non-hydrogen) atoms. The highest BCUT2D eigenvalue weighted by Crippen LogP contribution is 2.42. The zero-order chi connectivity index (χ0) is 19.1. The van der Waals surface area contributed by atoms with Crippen LogP contribution in [0.15, 0.2) is 0 Å². The molecule has 2 N–H and O–H groups in total. The van der Waals surface area contributed by atoms with Crippen molar-refractivity contribution in [3.8, 4) is 0 Å². The second kappa shape index (κ2) is 7.37. The lowest BCUT2D eigenvalue weighted by Crippen LogP contribution is -2.35. The summed E-state index contributed by atoms with van der Waals surface area (Å²) in [5.74, 6) is -0.927. The zero-order valence-electron chi connectivity index (χ0n) is 14.0. The van der Waals surface area contributed by atoms with E-state index in [4.69, 9.17) is 42.5 Å². The summed E-state index contributed by atoms with van der Waals surface area (Å²) in [5, 5.41) is 22.7. The third kappa shape index (κ3) is 3.85. The maximum atomic E-state index is 11.3. The van der Waals surface area contributed by atoms with Gasteiger partial charge in [0.25, 0.3) is 0 Å². The maximum Gasteiger partial charge on any atom is 0.348 e. The Balaban J connectivity index is 1.87. The SMILES string of the molecule is CC1(C)O[C@@H]2[C@H](O1)[C@@H](OCCO)C[C@H]2Nc1nc(Cl)nc(Cl)c1[N+](=O)[O-]. The molecular formula is C14H18Cl2N4O6. The Morgan fingerprint density at radius 2 is 2.08 bits per heavy atom. The number of nitrogens with zero attached hydrogens (tertiary/aromatic N) is 3. The minimum absolute atomic E-state index is 0.0973. The van der Waals surface area contributed by atoms with Gasteiger partial charge in [-0.1, -0.05) is 11.6 Å². The molecule has 144 valence electrons. The van der Waals surface area contributed by atoms with Crippen LogP contribution in [0.4, 0.5) is 11.5 Å². The second-order valence-corrected chi connectivity index (χ2v) is 7.12. The van der Waals surface area contributed by atoms with Crippen molar-refractivity contribution in [3.05, 3.63) is 20.6 Å². The van der Waals surface area contributed by atoms with Gasteiger partial charge in [-0.15, -0.1) is 0 Å². The van der Waals surface area contributed by atoms with Gasteiger partial charge in [-0.25, -0.2) is 0 Å². The van der Waals surface area contributed by atoms with Crippen molar-refractivity contribution < 1.29 is 24.2 Å². The monoisotopic (exact) mass is 408 g/mol. The molecule has 2 fully saturated rings. The highest BCUT2D eigenvalue weighted by Gasteiger charge is 2.55. The van der Waals surface area contributed by atoms with Gasteiger partial charge in [0.05, 0.1) is 30.3 Å². The van der Waals surface area contributed by atoms with Crippen molar-refractivity contribution in [1.82, 2.24) is 9.97 Å². The van der Waals surface area contributed by atoms with Crippen LogP contribution >= 0.6 is 23.2 Å². The van der Waals surface area contributed by atoms with Crippen LogP contribution in [-0.2, 0) is 14.2 Å². The van der Waals surface area contributed by atoms with Crippen LogP contribution in [0, 0.1) is 10.1 Å². The summed E-state index contributed by atoms with van der Waals surface area (Å²) in [6, 6.07) is -0.397. The fraction of sp³-hybridized carbons (Fsp3) is 0.714. The van der Waals surface area contributed by atoms with Crippen molar-refractivity contribution in [3.63, 3.8) is 0 Å². The first-order valence-corrected chi connectivity index (χ1v) is 8.69. The van der Waals surface area contributed by atoms with E-state index in [0.29, 0.717) is 6.42 Å². The number of aliphatic hydroxyl groups excluding tert-OH is 1. The van der Waals surface area contributed by atoms with Crippen LogP contribution in [0.1, 0.15) is 20.3 Å². The molecule has 1 aliphatic heterocycles. The number of anilines is 1. The molecule has 0 spiro atoms. The molecule has 12 heteroatoms. The van der Waals surface area contributed by atoms with Crippen molar-refractivity contribution in [2.45, 2.75) is 50.4 Å². The molecule has 1 saturated carbocycles. The molecule has 0 aromatic carbocycles. The average molecular weight is 409 g/mol. The Morgan fingerprint density at radius 3 is 2.73 bits per heavy atom. The normalized spacial score (nSPS) is 29.6. The van der Waals surface area contributed by atoms with Crippen LogP contribution in [0.2, 0.25) is 10.4 Å². The minimum atomic E-state index is -0.830. The van der Waals surface area contributed by atoms with Gasteiger partial charge in [0.1, 0.15) is 12.2 Å². The lowest BCUT2D eigenvalue weighted by molar-refractivity contribution is -0.384. The number of hydrogen-bond donors (Lipinski definition) is 2. The summed E-state index contributed by atoms with van der Waals surface area (Å²) < 4.78 is 17.4. The third-order valence-corrected chi connectivity index (χ3v) is 4.59. The Bertz CT molecular complexity index is 706. The van der Waals surface area contributed by atoms with E-state index in [1.54, 1.807) is 13.8 Å². The lowest BCUT2D eigenvalue weighted by atomic mass is 10.2. The number of rotatable bonds is 6. The molecular weight excluding hydrogens is 391 g/mol. The second-order valence-electron chi connectivity index (χ2n) is 6.42. The fourth-order valence-corrected chi connectivity index (χ4v) is 3.73. The number of nitro groups is 1. The Hall–Kier alpha value is -1.30. The van der Waals surface area contributed by atoms with E-state index in [-0.39, 0.29) is 41.7 Å². The first-order valence-electron chi connectivity index (χ1n) is 7.94. The van der Waals surface area contributed by atoms with Gasteiger partial charge in [0, 0.05) is 0 Å². The van der Waals surface area contributed by atoms with Crippen LogP contribution in [0.3, 0.4) is 0 Å². The number of hydrogen-bond acceptors (Lipinski definition) is 9. The molecule has 0 radical (unpaired) electrons. The molecule has 1 aromatic heterocycles. The predicted molar refractivity (Wildman–Crippen MR) is 91.4 cm³/mol. The van der Waals surface area contributed by atoms with Gasteiger partial charge in [-0.3, -0.25) is 10.1 Å². The number of ether oxygens (including phenoxy) is 3. The number of aromatic nitrogens is 2. The van der Waals surface area contributed by atoms with E-state index in [1.165, 1.54) is 0 Å². The van der Waals surface area contributed by atoms with Gasteiger partial charge in [0.15, 0.2) is 5.79 Å². The van der Waals surface area contributed by atoms with E-state index in [9.17, 15) is 10.1 Å². The summed E-state index contributed by atoms with van der Waals surface area (Å²) in [7, 11) is 0. The van der Waals surface area contributed by atoms with E-state index < -0.39 is 28.5 Å². The number of aliphatic hydroxyl groups is 1. The number of nitrogens with one attached hydrogen (secondary N) is 1.